The van der Waals surface area contributed by atoms with Crippen molar-refractivity contribution in [2.75, 3.05) is 26.2 Å². The van der Waals surface area contributed by atoms with Crippen LogP contribution in [0.3, 0.4) is 0 Å². The predicted octanol–water partition coefficient (Wildman–Crippen LogP) is 2.69. The van der Waals surface area contributed by atoms with E-state index < -0.39 is 38.0 Å². The van der Waals surface area contributed by atoms with Crippen LogP contribution in [0, 0.1) is 30.9 Å². The number of aromatic nitrogens is 4. The van der Waals surface area contributed by atoms with E-state index in [-0.39, 0.29) is 75.4 Å². The molecule has 2 aromatic heterocycles. The van der Waals surface area contributed by atoms with Crippen LogP contribution in [0.15, 0.2) is 119 Å². The molecule has 4 heterocycles. The van der Waals surface area contributed by atoms with Gasteiger partial charge in [0.1, 0.15) is 29.0 Å². The van der Waals surface area contributed by atoms with Gasteiger partial charge >= 0.3 is 41.5 Å². The summed E-state index contributed by atoms with van der Waals surface area (Å²) in [7, 11) is -3.26. The molecular formula is C55H66BF2N8NaO13S2-. The molecule has 4 aromatic carbocycles. The number of nitrogens with zero attached hydrogens (tertiary/aromatic N) is 5. The van der Waals surface area contributed by atoms with E-state index in [2.05, 4.69) is 78.7 Å². The number of sulfonamides is 2. The Hall–Kier alpha value is -6.61. The van der Waals surface area contributed by atoms with Crippen molar-refractivity contribution in [2.45, 2.75) is 102 Å². The summed E-state index contributed by atoms with van der Waals surface area (Å²) in [4.78, 5) is 59.2. The first-order chi connectivity index (χ1) is 38.2. The van der Waals surface area contributed by atoms with Gasteiger partial charge in [0.25, 0.3) is 0 Å². The molecule has 4 atom stereocenters. The van der Waals surface area contributed by atoms with Gasteiger partial charge in [0, 0.05) is 88.1 Å². The van der Waals surface area contributed by atoms with Gasteiger partial charge in [-0.2, -0.15) is 6.92 Å². The maximum atomic E-state index is 14.3. The van der Waals surface area contributed by atoms with Gasteiger partial charge in [-0.3, -0.25) is 14.5 Å². The Kier molecular flexibility index (Phi) is 30.9. The minimum absolute atomic E-state index is 0. The van der Waals surface area contributed by atoms with Crippen molar-refractivity contribution in [1.29, 1.82) is 0 Å². The summed E-state index contributed by atoms with van der Waals surface area (Å²) in [5.41, 5.74) is 3.35. The van der Waals surface area contributed by atoms with Gasteiger partial charge in [-0.05, 0) is 88.4 Å². The van der Waals surface area contributed by atoms with Crippen LogP contribution in [0.25, 0.3) is 22.8 Å². The number of nitrogens with one attached hydrogen (secondary N) is 1. The summed E-state index contributed by atoms with van der Waals surface area (Å²) in [6.45, 7) is 19.6. The third kappa shape index (κ3) is 25.7. The number of halogens is 2. The number of benzene rings is 4. The first kappa shape index (κ1) is 71.5. The molecular weight excluding hydrogens is 1120 g/mol. The Morgan fingerprint density at radius 3 is 1.41 bits per heavy atom. The monoisotopic (exact) mass is 1180 g/mol. The average Bonchev–Trinajstić information content (AvgIpc) is 4.14. The molecule has 2 fully saturated rings. The average molecular weight is 1180 g/mol. The molecule has 27 heteroatoms. The number of ether oxygens (including phenoxy) is 2. The maximum absolute atomic E-state index is 14.3. The molecule has 2 aliphatic heterocycles. The van der Waals surface area contributed by atoms with Crippen molar-refractivity contribution < 1.29 is 98.3 Å². The van der Waals surface area contributed by atoms with Gasteiger partial charge in [-0.15, -0.1) is 0 Å². The molecule has 8 rings (SSSR count). The van der Waals surface area contributed by atoms with Crippen molar-refractivity contribution in [3.05, 3.63) is 151 Å². The Bertz CT molecular complexity index is 3240. The molecule has 0 unspecified atom stereocenters. The first-order valence-corrected chi connectivity index (χ1v) is 27.8. The summed E-state index contributed by atoms with van der Waals surface area (Å²) < 4.78 is 92.5. The zero-order valence-corrected chi connectivity index (χ0v) is 50.5. The first-order valence-electron chi connectivity index (χ1n) is 24.7. The summed E-state index contributed by atoms with van der Waals surface area (Å²) >= 11 is 0. The second-order valence-corrected chi connectivity index (χ2v) is 21.2. The number of nitrogens with two attached hydrogens (primary N) is 2. The van der Waals surface area contributed by atoms with E-state index in [0.717, 1.165) is 51.3 Å². The summed E-state index contributed by atoms with van der Waals surface area (Å²) in [6, 6.07) is 25.0. The van der Waals surface area contributed by atoms with Crippen LogP contribution in [-0.4, -0.2) is 124 Å². The van der Waals surface area contributed by atoms with Crippen molar-refractivity contribution in [1.82, 2.24) is 29.3 Å². The maximum Gasteiger partial charge on any atom is 1.00 e. The number of primary sulfonamides is 2. The Balaban J connectivity index is 0.000000402. The number of carbonyl (C=O) groups is 4. The van der Waals surface area contributed by atoms with E-state index in [9.17, 15) is 44.8 Å². The molecule has 2 aliphatic rings. The largest absolute Gasteiger partial charge is 1.00 e. The molecule has 21 nitrogen and oxygen atoms in total. The van der Waals surface area contributed by atoms with Crippen LogP contribution < -0.4 is 45.2 Å². The molecule has 0 spiro atoms. The van der Waals surface area contributed by atoms with Gasteiger partial charge in [0.15, 0.2) is 6.29 Å². The summed E-state index contributed by atoms with van der Waals surface area (Å²) in [5.74, 6) is 0.670. The van der Waals surface area contributed by atoms with Crippen LogP contribution in [0.2, 0.25) is 0 Å². The number of terminal acetylenes is 1. The fraction of sp³-hybridized carbons (Fsp3) is 0.327. The van der Waals surface area contributed by atoms with Gasteiger partial charge in [0.05, 0.1) is 53.0 Å². The second-order valence-electron chi connectivity index (χ2n) is 18.1. The van der Waals surface area contributed by atoms with E-state index in [4.69, 9.17) is 24.7 Å². The normalized spacial score (nSPS) is 16.4. The molecule has 0 amide bonds. The minimum Gasteiger partial charge on any atom is -0.793 e. The molecule has 3 radical (unpaired) electrons. The number of imidazole rings is 2. The zero-order valence-electron chi connectivity index (χ0n) is 46.9. The van der Waals surface area contributed by atoms with Crippen LogP contribution in [0.4, 0.5) is 8.78 Å². The van der Waals surface area contributed by atoms with E-state index in [0.29, 0.717) is 59.9 Å². The van der Waals surface area contributed by atoms with E-state index in [1.54, 1.807) is 53.1 Å². The van der Waals surface area contributed by atoms with Crippen molar-refractivity contribution in [3.8, 4) is 35.1 Å². The standard InChI is InChI=1S/C23H27FN4O3S.C17H14FN3O3S.C6H13NO.C4H6O4.C3H3.C2H3BO2.Na/c1-16-11-27(12-17(2)31-16)14-20-15-28(13-19-5-3-4-6-22(19)24)23(26-20)18-7-9-21(10-8-18)32(25,29)30;18-16-4-2-1-3-13(16)9-21-10-14(11-22)20-17(21)12-5-7-15(8-6-12)25(19,23)24;1-5-3-7-4-6(2)8-5;1-3(5)7-8-4(2)6;1-3-2;1-2(4)5-3;/h3-10,15-17H,11-14H2,1-2H3,(H2,25,29,30);1-8,10-11H,9H2,(H2,19,23,24);5-7H,3-4H2,1-2H3;1-2H3;1H,2H2;1H3;/q;;;;2*-1;+1/t16-,17+;;5-,6+;;;;. The third-order valence-electron chi connectivity index (χ3n) is 10.9. The zero-order chi connectivity index (χ0) is 60.5. The van der Waals surface area contributed by atoms with E-state index in [1.807, 2.05) is 16.7 Å². The second kappa shape index (κ2) is 35.4. The molecule has 2 saturated heterocycles. The third-order valence-corrected chi connectivity index (χ3v) is 12.7. The van der Waals surface area contributed by atoms with Crippen molar-refractivity contribution in [3.63, 3.8) is 0 Å². The SMILES string of the molecule is C#C[CH2-].CC(=O)OOC(C)=O.C[C@@H]1CN(Cc2cn(Cc3ccccc3F)c(-c3ccc(S(N)(=O)=O)cc3)n2)C[C@H](C)O1.C[C@@H]1CNC[C@H](C)O1.NS(=O)(=O)c1ccc(-c2nc(C=O)cn2Cc2ccccc2F)cc1.[B-]OC(C)=O.[Na+]. The summed E-state index contributed by atoms with van der Waals surface area (Å²) in [5, 5.41) is 13.6. The Labute approximate surface area is 501 Å². The molecule has 6 aromatic rings. The van der Waals surface area contributed by atoms with Crippen LogP contribution in [-0.2, 0) is 78.0 Å². The molecule has 5 N–H and O–H groups in total. The Morgan fingerprint density at radius 1 is 0.695 bits per heavy atom. The van der Waals surface area contributed by atoms with E-state index >= 15 is 0 Å². The minimum atomic E-state index is -3.80. The van der Waals surface area contributed by atoms with Gasteiger partial charge in [-0.25, -0.2) is 65.2 Å². The van der Waals surface area contributed by atoms with Gasteiger partial charge in [-0.1, -0.05) is 36.4 Å². The number of aldehydes is 1. The fourth-order valence-electron chi connectivity index (χ4n) is 7.69. The molecule has 435 valence electrons. The number of rotatable bonds is 11. The molecule has 82 heavy (non-hydrogen) atoms. The topological polar surface area (TPSA) is 286 Å². The predicted molar refractivity (Wildman–Crippen MR) is 298 cm³/mol. The van der Waals surface area contributed by atoms with Crippen LogP contribution in [0.1, 0.15) is 75.8 Å². The quantitative estimate of drug-likeness (QED) is 0.0420. The van der Waals surface area contributed by atoms with Gasteiger partial charge in [0.2, 0.25) is 26.0 Å². The molecule has 0 bridgehead atoms. The number of hydrogen-bond acceptors (Lipinski definition) is 17. The smallest absolute Gasteiger partial charge is 0.793 e. The Morgan fingerprint density at radius 2 is 1.07 bits per heavy atom. The van der Waals surface area contributed by atoms with Gasteiger partial charge < -0.3 is 49.0 Å². The fourth-order valence-corrected chi connectivity index (χ4v) is 8.72. The van der Waals surface area contributed by atoms with E-state index in [1.165, 1.54) is 61.7 Å². The van der Waals surface area contributed by atoms with Crippen molar-refractivity contribution in [2.24, 2.45) is 10.3 Å². The van der Waals surface area contributed by atoms with Crippen molar-refractivity contribution >= 4 is 52.3 Å². The summed E-state index contributed by atoms with van der Waals surface area (Å²) in [6.07, 6.45) is 9.62. The number of morpholine rings is 2. The number of hydrogen-bond donors (Lipinski definition) is 3. The van der Waals surface area contributed by atoms with Crippen LogP contribution in [0.5, 0.6) is 0 Å². The molecule has 0 aliphatic carbocycles. The molecule has 0 saturated carbocycles. The number of carbonyl (C=O) groups excluding carboxylic acids is 4. The van der Waals surface area contributed by atoms with Crippen LogP contribution >= 0.6 is 0 Å².